The highest BCUT2D eigenvalue weighted by atomic mass is 16.1. The molecule has 100 valence electrons. The van der Waals surface area contributed by atoms with Gasteiger partial charge in [-0.3, -0.25) is 4.79 Å². The van der Waals surface area contributed by atoms with Crippen LogP contribution >= 0.6 is 0 Å². The lowest BCUT2D eigenvalue weighted by atomic mass is 9.95. The standard InChI is InChI=1S/C14H23N3O/c1-14(2,3)17-10-9-15-12(13(17)18)16-11-7-5-4-6-8-11/h9-11H,4-8H2,1-3H3,(H,15,16). The zero-order valence-electron chi connectivity index (χ0n) is 11.6. The molecule has 4 nitrogen and oxygen atoms in total. The fourth-order valence-electron chi connectivity index (χ4n) is 2.48. The van der Waals surface area contributed by atoms with Crippen LogP contribution in [0.15, 0.2) is 17.2 Å². The monoisotopic (exact) mass is 249 g/mol. The quantitative estimate of drug-likeness (QED) is 0.876. The summed E-state index contributed by atoms with van der Waals surface area (Å²) in [5, 5.41) is 3.32. The number of rotatable bonds is 2. The molecular weight excluding hydrogens is 226 g/mol. The summed E-state index contributed by atoms with van der Waals surface area (Å²) < 4.78 is 1.74. The Morgan fingerprint density at radius 3 is 2.56 bits per heavy atom. The molecule has 0 radical (unpaired) electrons. The van der Waals surface area contributed by atoms with Gasteiger partial charge in [0.1, 0.15) is 0 Å². The average Bonchev–Trinajstić information content (AvgIpc) is 2.32. The molecule has 4 heteroatoms. The molecule has 1 aromatic rings. The Bertz CT molecular complexity index is 453. The SMILES string of the molecule is CC(C)(C)n1ccnc(NC2CCCCC2)c1=O. The molecule has 1 aliphatic rings. The van der Waals surface area contributed by atoms with Crippen LogP contribution in [0, 0.1) is 0 Å². The van der Waals surface area contributed by atoms with E-state index in [-0.39, 0.29) is 11.1 Å². The summed E-state index contributed by atoms with van der Waals surface area (Å²) in [7, 11) is 0. The molecule has 0 aliphatic heterocycles. The van der Waals surface area contributed by atoms with E-state index in [4.69, 9.17) is 0 Å². The number of anilines is 1. The predicted molar refractivity (Wildman–Crippen MR) is 74.0 cm³/mol. The summed E-state index contributed by atoms with van der Waals surface area (Å²) in [6, 6.07) is 0.412. The van der Waals surface area contributed by atoms with Gasteiger partial charge in [-0.2, -0.15) is 0 Å². The summed E-state index contributed by atoms with van der Waals surface area (Å²) in [6.07, 6.45) is 9.56. The minimum absolute atomic E-state index is 0.0180. The zero-order chi connectivity index (χ0) is 13.2. The zero-order valence-corrected chi connectivity index (χ0v) is 11.6. The van der Waals surface area contributed by atoms with E-state index in [2.05, 4.69) is 10.3 Å². The van der Waals surface area contributed by atoms with Gasteiger partial charge in [0.05, 0.1) is 0 Å². The molecular formula is C14H23N3O. The highest BCUT2D eigenvalue weighted by Crippen LogP contribution is 2.20. The Kier molecular flexibility index (Phi) is 3.73. The normalized spacial score (nSPS) is 17.7. The van der Waals surface area contributed by atoms with Crippen LogP contribution in [0.1, 0.15) is 52.9 Å². The van der Waals surface area contributed by atoms with Gasteiger partial charge in [-0.15, -0.1) is 0 Å². The lowest BCUT2D eigenvalue weighted by molar-refractivity contribution is 0.382. The Hall–Kier alpha value is -1.32. The van der Waals surface area contributed by atoms with E-state index in [0.29, 0.717) is 11.9 Å². The molecule has 18 heavy (non-hydrogen) atoms. The van der Waals surface area contributed by atoms with Gasteiger partial charge in [0.25, 0.3) is 5.56 Å². The lowest BCUT2D eigenvalue weighted by Crippen LogP contribution is -2.37. The first kappa shape index (κ1) is 13.1. The summed E-state index contributed by atoms with van der Waals surface area (Å²) in [6.45, 7) is 6.08. The average molecular weight is 249 g/mol. The Labute approximate surface area is 108 Å². The molecule has 0 spiro atoms. The molecule has 1 saturated carbocycles. The first-order valence-electron chi connectivity index (χ1n) is 6.83. The fourth-order valence-corrected chi connectivity index (χ4v) is 2.48. The van der Waals surface area contributed by atoms with E-state index in [1.54, 1.807) is 17.0 Å². The molecule has 0 unspecified atom stereocenters. The summed E-state index contributed by atoms with van der Waals surface area (Å²) in [5.41, 5.74) is -0.223. The minimum Gasteiger partial charge on any atom is -0.363 e. The van der Waals surface area contributed by atoms with Crippen molar-refractivity contribution in [2.45, 2.75) is 64.5 Å². The van der Waals surface area contributed by atoms with Gasteiger partial charge in [-0.1, -0.05) is 19.3 Å². The van der Waals surface area contributed by atoms with Crippen LogP contribution in [0.5, 0.6) is 0 Å². The topological polar surface area (TPSA) is 46.9 Å². The second kappa shape index (κ2) is 5.12. The van der Waals surface area contributed by atoms with Crippen LogP contribution in [0.25, 0.3) is 0 Å². The van der Waals surface area contributed by atoms with Crippen molar-refractivity contribution in [1.29, 1.82) is 0 Å². The second-order valence-corrected chi connectivity index (χ2v) is 6.10. The van der Waals surface area contributed by atoms with Crippen LogP contribution in [0.2, 0.25) is 0 Å². The number of nitrogens with one attached hydrogen (secondary N) is 1. The van der Waals surface area contributed by atoms with E-state index in [1.807, 2.05) is 20.8 Å². The maximum absolute atomic E-state index is 12.3. The van der Waals surface area contributed by atoms with E-state index in [0.717, 1.165) is 12.8 Å². The molecule has 0 amide bonds. The van der Waals surface area contributed by atoms with Crippen molar-refractivity contribution in [3.8, 4) is 0 Å². The summed E-state index contributed by atoms with van der Waals surface area (Å²) in [4.78, 5) is 16.5. The lowest BCUT2D eigenvalue weighted by Gasteiger charge is -2.25. The number of nitrogens with zero attached hydrogens (tertiary/aromatic N) is 2. The minimum atomic E-state index is -0.205. The van der Waals surface area contributed by atoms with Crippen molar-refractivity contribution in [1.82, 2.24) is 9.55 Å². The van der Waals surface area contributed by atoms with Crippen LogP contribution in [0.3, 0.4) is 0 Å². The van der Waals surface area contributed by atoms with Crippen LogP contribution in [0.4, 0.5) is 5.82 Å². The van der Waals surface area contributed by atoms with E-state index < -0.39 is 0 Å². The number of hydrogen-bond acceptors (Lipinski definition) is 3. The van der Waals surface area contributed by atoms with Crippen LogP contribution < -0.4 is 10.9 Å². The Morgan fingerprint density at radius 1 is 1.28 bits per heavy atom. The smallest absolute Gasteiger partial charge is 0.293 e. The van der Waals surface area contributed by atoms with Gasteiger partial charge >= 0.3 is 0 Å². The third kappa shape index (κ3) is 2.92. The molecule has 2 rings (SSSR count). The van der Waals surface area contributed by atoms with Crippen LogP contribution in [-0.4, -0.2) is 15.6 Å². The van der Waals surface area contributed by atoms with Gasteiger partial charge in [0, 0.05) is 24.0 Å². The summed E-state index contributed by atoms with van der Waals surface area (Å²) in [5.74, 6) is 0.499. The van der Waals surface area contributed by atoms with Gasteiger partial charge in [0.2, 0.25) is 0 Å². The predicted octanol–water partition coefficient (Wildman–Crippen LogP) is 2.74. The van der Waals surface area contributed by atoms with Crippen molar-refractivity contribution < 1.29 is 0 Å². The fraction of sp³-hybridized carbons (Fsp3) is 0.714. The number of hydrogen-bond donors (Lipinski definition) is 1. The molecule has 0 saturated heterocycles. The van der Waals surface area contributed by atoms with Gasteiger partial charge in [-0.25, -0.2) is 4.98 Å². The second-order valence-electron chi connectivity index (χ2n) is 6.10. The Morgan fingerprint density at radius 2 is 1.94 bits per heavy atom. The van der Waals surface area contributed by atoms with Crippen molar-refractivity contribution in [3.63, 3.8) is 0 Å². The van der Waals surface area contributed by atoms with Crippen molar-refractivity contribution in [2.75, 3.05) is 5.32 Å². The molecule has 0 atom stereocenters. The van der Waals surface area contributed by atoms with Crippen molar-refractivity contribution >= 4 is 5.82 Å². The Balaban J connectivity index is 2.21. The first-order valence-corrected chi connectivity index (χ1v) is 6.83. The molecule has 1 heterocycles. The molecule has 1 aromatic heterocycles. The molecule has 1 aliphatic carbocycles. The van der Waals surface area contributed by atoms with E-state index in [9.17, 15) is 4.79 Å². The summed E-state index contributed by atoms with van der Waals surface area (Å²) >= 11 is 0. The third-order valence-corrected chi connectivity index (χ3v) is 3.51. The molecule has 1 fully saturated rings. The number of aromatic nitrogens is 2. The van der Waals surface area contributed by atoms with Crippen molar-refractivity contribution in [2.24, 2.45) is 0 Å². The highest BCUT2D eigenvalue weighted by molar-refractivity contribution is 5.32. The first-order chi connectivity index (χ1) is 8.48. The van der Waals surface area contributed by atoms with E-state index >= 15 is 0 Å². The van der Waals surface area contributed by atoms with Gasteiger partial charge in [-0.05, 0) is 33.6 Å². The highest BCUT2D eigenvalue weighted by Gasteiger charge is 2.19. The van der Waals surface area contributed by atoms with Crippen LogP contribution in [-0.2, 0) is 5.54 Å². The third-order valence-electron chi connectivity index (χ3n) is 3.51. The molecule has 1 N–H and O–H groups in total. The van der Waals surface area contributed by atoms with Gasteiger partial charge in [0.15, 0.2) is 5.82 Å². The maximum atomic E-state index is 12.3. The van der Waals surface area contributed by atoms with E-state index in [1.165, 1.54) is 19.3 Å². The van der Waals surface area contributed by atoms with Crippen molar-refractivity contribution in [3.05, 3.63) is 22.7 Å². The van der Waals surface area contributed by atoms with Gasteiger partial charge < -0.3 is 9.88 Å². The maximum Gasteiger partial charge on any atom is 0.293 e. The molecule has 0 bridgehead atoms. The largest absolute Gasteiger partial charge is 0.363 e. The molecule has 0 aromatic carbocycles.